The highest BCUT2D eigenvalue weighted by molar-refractivity contribution is 5.96. The van der Waals surface area contributed by atoms with Crippen molar-refractivity contribution in [2.24, 2.45) is 0 Å². The lowest BCUT2D eigenvalue weighted by Gasteiger charge is -2.18. The summed E-state index contributed by atoms with van der Waals surface area (Å²) in [5.74, 6) is -0.680. The summed E-state index contributed by atoms with van der Waals surface area (Å²) < 4.78 is 0. The van der Waals surface area contributed by atoms with Gasteiger partial charge < -0.3 is 10.2 Å². The lowest BCUT2D eigenvalue weighted by Crippen LogP contribution is -2.36. The third-order valence-electron chi connectivity index (χ3n) is 4.28. The fourth-order valence-electron chi connectivity index (χ4n) is 3.00. The Bertz CT molecular complexity index is 870. The summed E-state index contributed by atoms with van der Waals surface area (Å²) in [5, 5.41) is 13.9. The quantitative estimate of drug-likeness (QED) is 0.625. The predicted molar refractivity (Wildman–Crippen MR) is 104 cm³/mol. The Labute approximate surface area is 158 Å². The van der Waals surface area contributed by atoms with Crippen molar-refractivity contribution < 1.29 is 14.5 Å². The van der Waals surface area contributed by atoms with Crippen molar-refractivity contribution in [3.05, 3.63) is 68.8 Å². The van der Waals surface area contributed by atoms with Gasteiger partial charge in [-0.1, -0.05) is 35.9 Å². The van der Waals surface area contributed by atoms with Gasteiger partial charge in [-0.2, -0.15) is 0 Å². The first-order chi connectivity index (χ1) is 12.7. The number of benzene rings is 2. The van der Waals surface area contributed by atoms with Crippen LogP contribution in [0.4, 0.5) is 11.4 Å². The Hall–Kier alpha value is -3.22. The molecule has 0 fully saturated rings. The number of rotatable bonds is 6. The monoisotopic (exact) mass is 369 g/mol. The Balaban J connectivity index is 2.03. The zero-order chi connectivity index (χ0) is 20.1. The maximum absolute atomic E-state index is 12.4. The smallest absolute Gasteiger partial charge is 0.273 e. The third-order valence-corrected chi connectivity index (χ3v) is 4.28. The number of aryl methyl sites for hydroxylation is 3. The first-order valence-corrected chi connectivity index (χ1v) is 8.53. The highest BCUT2D eigenvalue weighted by atomic mass is 16.6. The van der Waals surface area contributed by atoms with Crippen molar-refractivity contribution >= 4 is 23.2 Å². The maximum atomic E-state index is 12.4. The van der Waals surface area contributed by atoms with Gasteiger partial charge in [0.25, 0.3) is 5.69 Å². The summed E-state index contributed by atoms with van der Waals surface area (Å²) in [6.45, 7) is 5.69. The van der Waals surface area contributed by atoms with Crippen LogP contribution in [0, 0.1) is 30.9 Å². The van der Waals surface area contributed by atoms with E-state index in [-0.39, 0.29) is 30.5 Å². The number of para-hydroxylation sites is 1. The molecule has 0 unspecified atom stereocenters. The van der Waals surface area contributed by atoms with Crippen molar-refractivity contribution in [3.63, 3.8) is 0 Å². The normalized spacial score (nSPS) is 10.4. The molecule has 2 aromatic rings. The highest BCUT2D eigenvalue weighted by Crippen LogP contribution is 2.22. The number of hydrogen-bond donors (Lipinski definition) is 1. The summed E-state index contributed by atoms with van der Waals surface area (Å²) in [5.41, 5.74) is 3.98. The molecule has 0 aliphatic heterocycles. The van der Waals surface area contributed by atoms with Crippen molar-refractivity contribution in [2.75, 3.05) is 18.9 Å². The van der Waals surface area contributed by atoms with Gasteiger partial charge in [0, 0.05) is 24.4 Å². The lowest BCUT2D eigenvalue weighted by atomic mass is 10.1. The first-order valence-electron chi connectivity index (χ1n) is 8.53. The summed E-state index contributed by atoms with van der Waals surface area (Å²) >= 11 is 0. The fourth-order valence-corrected chi connectivity index (χ4v) is 3.00. The van der Waals surface area contributed by atoms with E-state index in [0.717, 1.165) is 22.4 Å². The largest absolute Gasteiger partial charge is 0.336 e. The molecule has 0 radical (unpaired) electrons. The molecule has 0 saturated heterocycles. The van der Waals surface area contributed by atoms with Gasteiger partial charge in [0.2, 0.25) is 11.8 Å². The van der Waals surface area contributed by atoms with Gasteiger partial charge >= 0.3 is 0 Å². The van der Waals surface area contributed by atoms with E-state index in [0.29, 0.717) is 5.56 Å². The molecule has 7 heteroatoms. The molecule has 2 aromatic carbocycles. The molecular formula is C20H23N3O4. The van der Waals surface area contributed by atoms with Crippen molar-refractivity contribution in [2.45, 2.75) is 27.2 Å². The van der Waals surface area contributed by atoms with E-state index < -0.39 is 4.92 Å². The van der Waals surface area contributed by atoms with E-state index in [1.54, 1.807) is 18.2 Å². The average molecular weight is 369 g/mol. The SMILES string of the molecule is Cc1cc(C)c(NC(=O)CN(C)C(=O)Cc2ccccc2[N+](=O)[O-])c(C)c1. The van der Waals surface area contributed by atoms with Crippen LogP contribution in [0.2, 0.25) is 0 Å². The van der Waals surface area contributed by atoms with Crippen LogP contribution < -0.4 is 5.32 Å². The van der Waals surface area contributed by atoms with Crippen LogP contribution in [0.3, 0.4) is 0 Å². The molecule has 0 bridgehead atoms. The number of likely N-dealkylation sites (N-methyl/N-ethyl adjacent to an activating group) is 1. The second kappa shape index (κ2) is 8.44. The molecule has 0 spiro atoms. The second-order valence-electron chi connectivity index (χ2n) is 6.63. The second-order valence-corrected chi connectivity index (χ2v) is 6.63. The van der Waals surface area contributed by atoms with Crippen molar-refractivity contribution in [1.82, 2.24) is 4.90 Å². The van der Waals surface area contributed by atoms with E-state index in [1.807, 2.05) is 32.9 Å². The van der Waals surface area contributed by atoms with Crippen LogP contribution in [-0.2, 0) is 16.0 Å². The number of carbonyl (C=O) groups is 2. The minimum absolute atomic E-state index is 0.102. The number of nitro benzene ring substituents is 1. The Morgan fingerprint density at radius 3 is 2.30 bits per heavy atom. The Morgan fingerprint density at radius 1 is 1.11 bits per heavy atom. The molecule has 0 aliphatic carbocycles. The molecule has 2 amide bonds. The van der Waals surface area contributed by atoms with Gasteiger partial charge in [0.05, 0.1) is 17.9 Å². The molecule has 0 aromatic heterocycles. The van der Waals surface area contributed by atoms with E-state index >= 15 is 0 Å². The summed E-state index contributed by atoms with van der Waals surface area (Å²) in [6.07, 6.45) is -0.135. The zero-order valence-electron chi connectivity index (χ0n) is 15.9. The standard InChI is InChI=1S/C20H23N3O4/c1-13-9-14(2)20(15(3)10-13)21-18(24)12-22(4)19(25)11-16-7-5-6-8-17(16)23(26)27/h5-10H,11-12H2,1-4H3,(H,21,24). The summed E-state index contributed by atoms with van der Waals surface area (Å²) in [7, 11) is 1.51. The van der Waals surface area contributed by atoms with Gasteiger partial charge in [-0.05, 0) is 31.9 Å². The molecular weight excluding hydrogens is 346 g/mol. The summed E-state index contributed by atoms with van der Waals surface area (Å²) in [6, 6.07) is 10.1. The van der Waals surface area contributed by atoms with Crippen LogP contribution in [0.15, 0.2) is 36.4 Å². The lowest BCUT2D eigenvalue weighted by molar-refractivity contribution is -0.385. The average Bonchev–Trinajstić information content (AvgIpc) is 2.58. The van der Waals surface area contributed by atoms with Gasteiger partial charge in [-0.15, -0.1) is 0 Å². The van der Waals surface area contributed by atoms with E-state index in [1.165, 1.54) is 18.0 Å². The Kier molecular flexibility index (Phi) is 6.28. The molecule has 7 nitrogen and oxygen atoms in total. The minimum atomic E-state index is -0.516. The molecule has 142 valence electrons. The van der Waals surface area contributed by atoms with Gasteiger partial charge in [0.1, 0.15) is 0 Å². The number of nitro groups is 1. The number of carbonyl (C=O) groups excluding carboxylic acids is 2. The topological polar surface area (TPSA) is 92.6 Å². The maximum Gasteiger partial charge on any atom is 0.273 e. The zero-order valence-corrected chi connectivity index (χ0v) is 15.9. The van der Waals surface area contributed by atoms with Gasteiger partial charge in [-0.3, -0.25) is 19.7 Å². The molecule has 1 N–H and O–H groups in total. The predicted octanol–water partition coefficient (Wildman–Crippen LogP) is 3.16. The van der Waals surface area contributed by atoms with E-state index in [2.05, 4.69) is 5.32 Å². The van der Waals surface area contributed by atoms with Crippen LogP contribution in [0.5, 0.6) is 0 Å². The molecule has 2 rings (SSSR count). The molecule has 0 heterocycles. The molecule has 0 saturated carbocycles. The van der Waals surface area contributed by atoms with Gasteiger partial charge in [-0.25, -0.2) is 0 Å². The van der Waals surface area contributed by atoms with Gasteiger partial charge in [0.15, 0.2) is 0 Å². The van der Waals surface area contributed by atoms with Crippen LogP contribution >= 0.6 is 0 Å². The minimum Gasteiger partial charge on any atom is -0.336 e. The highest BCUT2D eigenvalue weighted by Gasteiger charge is 2.19. The number of nitrogens with one attached hydrogen (secondary N) is 1. The fraction of sp³-hybridized carbons (Fsp3) is 0.300. The van der Waals surface area contributed by atoms with Crippen LogP contribution in [0.1, 0.15) is 22.3 Å². The first kappa shape index (κ1) is 20.1. The molecule has 27 heavy (non-hydrogen) atoms. The van der Waals surface area contributed by atoms with E-state index in [4.69, 9.17) is 0 Å². The summed E-state index contributed by atoms with van der Waals surface area (Å²) in [4.78, 5) is 36.5. The number of nitrogens with zero attached hydrogens (tertiary/aromatic N) is 2. The number of anilines is 1. The third kappa shape index (κ3) is 5.13. The van der Waals surface area contributed by atoms with Crippen molar-refractivity contribution in [1.29, 1.82) is 0 Å². The molecule has 0 aliphatic rings. The number of amides is 2. The van der Waals surface area contributed by atoms with Crippen molar-refractivity contribution in [3.8, 4) is 0 Å². The number of hydrogen-bond acceptors (Lipinski definition) is 4. The van der Waals surface area contributed by atoms with Crippen LogP contribution in [0.25, 0.3) is 0 Å². The van der Waals surface area contributed by atoms with Crippen LogP contribution in [-0.4, -0.2) is 35.2 Å². The van der Waals surface area contributed by atoms with E-state index in [9.17, 15) is 19.7 Å². The molecule has 0 atom stereocenters. The Morgan fingerprint density at radius 2 is 1.70 bits per heavy atom.